The van der Waals surface area contributed by atoms with Gasteiger partial charge in [-0.25, -0.2) is 4.98 Å². The van der Waals surface area contributed by atoms with Gasteiger partial charge in [-0.05, 0) is 11.4 Å². The van der Waals surface area contributed by atoms with Crippen molar-refractivity contribution in [3.63, 3.8) is 0 Å². The fourth-order valence-electron chi connectivity index (χ4n) is 1.97. The molecule has 0 atom stereocenters. The monoisotopic (exact) mass is 262 g/mol. The van der Waals surface area contributed by atoms with E-state index in [0.717, 1.165) is 43.4 Å². The molecule has 0 unspecified atom stereocenters. The lowest BCUT2D eigenvalue weighted by Gasteiger charge is -2.28. The molecule has 3 rings (SSSR count). The van der Waals surface area contributed by atoms with Gasteiger partial charge >= 0.3 is 0 Å². The Morgan fingerprint density at radius 2 is 2.11 bits per heavy atom. The van der Waals surface area contributed by atoms with Crippen LogP contribution in [0.3, 0.4) is 0 Å². The Labute approximate surface area is 109 Å². The Hall–Kier alpha value is -1.66. The number of nitrogen functional groups attached to an aromatic ring is 1. The summed E-state index contributed by atoms with van der Waals surface area (Å²) in [7, 11) is 0. The fraction of sp³-hybridized carbons (Fsp3) is 0.333. The van der Waals surface area contributed by atoms with Gasteiger partial charge in [-0.15, -0.1) is 0 Å². The molecule has 0 spiro atoms. The summed E-state index contributed by atoms with van der Waals surface area (Å²) in [6, 6.07) is 4.03. The molecule has 3 heterocycles. The number of morpholine rings is 1. The molecule has 1 fully saturated rings. The van der Waals surface area contributed by atoms with Gasteiger partial charge in [-0.2, -0.15) is 16.3 Å². The van der Waals surface area contributed by atoms with E-state index >= 15 is 0 Å². The van der Waals surface area contributed by atoms with Crippen LogP contribution in [0.25, 0.3) is 11.3 Å². The third kappa shape index (κ3) is 2.30. The number of nitrogens with zero attached hydrogens (tertiary/aromatic N) is 3. The normalized spacial score (nSPS) is 15.9. The first-order valence-electron chi connectivity index (χ1n) is 5.83. The molecule has 1 aliphatic heterocycles. The van der Waals surface area contributed by atoms with E-state index in [9.17, 15) is 0 Å². The molecule has 0 radical (unpaired) electrons. The molecule has 0 amide bonds. The van der Waals surface area contributed by atoms with E-state index in [2.05, 4.69) is 20.2 Å². The molecular weight excluding hydrogens is 248 g/mol. The van der Waals surface area contributed by atoms with Gasteiger partial charge in [0.05, 0.1) is 18.9 Å². The van der Waals surface area contributed by atoms with Crippen LogP contribution >= 0.6 is 11.3 Å². The second-order valence-electron chi connectivity index (χ2n) is 4.08. The van der Waals surface area contributed by atoms with Crippen LogP contribution < -0.4 is 10.6 Å². The van der Waals surface area contributed by atoms with Crippen LogP contribution in [0.15, 0.2) is 22.9 Å². The highest BCUT2D eigenvalue weighted by atomic mass is 32.1. The van der Waals surface area contributed by atoms with Gasteiger partial charge in [0.25, 0.3) is 0 Å². The summed E-state index contributed by atoms with van der Waals surface area (Å²) < 4.78 is 5.34. The average Bonchev–Trinajstić information content (AvgIpc) is 2.93. The van der Waals surface area contributed by atoms with E-state index in [1.807, 2.05) is 17.5 Å². The molecule has 1 aliphatic rings. The Kier molecular flexibility index (Phi) is 3.12. The number of ether oxygens (including phenoxy) is 1. The van der Waals surface area contributed by atoms with Gasteiger partial charge in [0.1, 0.15) is 5.82 Å². The van der Waals surface area contributed by atoms with E-state index in [1.165, 1.54) is 0 Å². The highest BCUT2D eigenvalue weighted by Crippen LogP contribution is 2.24. The van der Waals surface area contributed by atoms with Crippen molar-refractivity contribution in [3.8, 4) is 11.3 Å². The molecule has 1 saturated heterocycles. The summed E-state index contributed by atoms with van der Waals surface area (Å²) in [5.74, 6) is 1.20. The number of aromatic nitrogens is 2. The lowest BCUT2D eigenvalue weighted by Crippen LogP contribution is -2.36. The van der Waals surface area contributed by atoms with Crippen LogP contribution in [0.4, 0.5) is 11.8 Å². The summed E-state index contributed by atoms with van der Waals surface area (Å²) in [5.41, 5.74) is 7.76. The Morgan fingerprint density at radius 3 is 2.83 bits per heavy atom. The number of hydrogen-bond acceptors (Lipinski definition) is 6. The van der Waals surface area contributed by atoms with E-state index in [0.29, 0.717) is 5.95 Å². The van der Waals surface area contributed by atoms with Gasteiger partial charge in [-0.1, -0.05) is 0 Å². The second-order valence-corrected chi connectivity index (χ2v) is 4.86. The molecule has 0 aliphatic carbocycles. The fourth-order valence-corrected chi connectivity index (χ4v) is 2.61. The van der Waals surface area contributed by atoms with Crippen molar-refractivity contribution in [2.45, 2.75) is 0 Å². The van der Waals surface area contributed by atoms with Crippen molar-refractivity contribution in [2.75, 3.05) is 36.9 Å². The van der Waals surface area contributed by atoms with Gasteiger partial charge < -0.3 is 15.4 Å². The van der Waals surface area contributed by atoms with Crippen LogP contribution in [0.2, 0.25) is 0 Å². The first-order chi connectivity index (χ1) is 8.83. The first-order valence-corrected chi connectivity index (χ1v) is 6.77. The largest absolute Gasteiger partial charge is 0.378 e. The molecule has 94 valence electrons. The number of rotatable bonds is 2. The van der Waals surface area contributed by atoms with E-state index < -0.39 is 0 Å². The summed E-state index contributed by atoms with van der Waals surface area (Å²) >= 11 is 1.65. The lowest BCUT2D eigenvalue weighted by molar-refractivity contribution is 0.122. The van der Waals surface area contributed by atoms with Crippen molar-refractivity contribution in [1.82, 2.24) is 9.97 Å². The molecule has 0 aromatic carbocycles. The first kappa shape index (κ1) is 11.4. The van der Waals surface area contributed by atoms with Crippen LogP contribution in [0.1, 0.15) is 0 Å². The van der Waals surface area contributed by atoms with E-state index in [1.54, 1.807) is 11.3 Å². The SMILES string of the molecule is Nc1nc(-c2ccsc2)cc(N2CCOCC2)n1. The maximum atomic E-state index is 5.80. The predicted molar refractivity (Wildman–Crippen MR) is 72.8 cm³/mol. The number of anilines is 2. The van der Waals surface area contributed by atoms with Crippen LogP contribution in [0, 0.1) is 0 Å². The van der Waals surface area contributed by atoms with Gasteiger partial charge in [0, 0.05) is 30.1 Å². The number of hydrogen-bond donors (Lipinski definition) is 1. The molecule has 0 bridgehead atoms. The molecule has 5 nitrogen and oxygen atoms in total. The minimum Gasteiger partial charge on any atom is -0.378 e. The summed E-state index contributed by atoms with van der Waals surface area (Å²) in [6.07, 6.45) is 0. The molecule has 2 aromatic heterocycles. The lowest BCUT2D eigenvalue weighted by atomic mass is 10.2. The average molecular weight is 262 g/mol. The standard InChI is InChI=1S/C12H14N4OS/c13-12-14-10(9-1-6-18-8-9)7-11(15-12)16-2-4-17-5-3-16/h1,6-8H,2-5H2,(H2,13,14,15). The molecule has 18 heavy (non-hydrogen) atoms. The molecule has 0 saturated carbocycles. The highest BCUT2D eigenvalue weighted by Gasteiger charge is 2.14. The maximum absolute atomic E-state index is 5.80. The maximum Gasteiger partial charge on any atom is 0.222 e. The third-order valence-electron chi connectivity index (χ3n) is 2.88. The topological polar surface area (TPSA) is 64.3 Å². The van der Waals surface area contributed by atoms with Crippen molar-refractivity contribution >= 4 is 23.1 Å². The Morgan fingerprint density at radius 1 is 1.28 bits per heavy atom. The molecule has 2 aromatic rings. The molecule has 2 N–H and O–H groups in total. The Bertz CT molecular complexity index is 523. The Balaban J connectivity index is 1.95. The second kappa shape index (κ2) is 4.91. The smallest absolute Gasteiger partial charge is 0.222 e. The van der Waals surface area contributed by atoms with Gasteiger partial charge in [-0.3, -0.25) is 0 Å². The summed E-state index contributed by atoms with van der Waals surface area (Å²) in [5, 5.41) is 4.09. The van der Waals surface area contributed by atoms with E-state index in [4.69, 9.17) is 10.5 Å². The minimum absolute atomic E-state index is 0.320. The quantitative estimate of drug-likeness (QED) is 0.891. The number of nitrogens with two attached hydrogens (primary N) is 1. The highest BCUT2D eigenvalue weighted by molar-refractivity contribution is 7.08. The van der Waals surface area contributed by atoms with Crippen molar-refractivity contribution in [2.24, 2.45) is 0 Å². The third-order valence-corrected chi connectivity index (χ3v) is 3.57. The summed E-state index contributed by atoms with van der Waals surface area (Å²) in [4.78, 5) is 10.8. The minimum atomic E-state index is 0.320. The zero-order valence-electron chi connectivity index (χ0n) is 9.87. The van der Waals surface area contributed by atoms with Crippen molar-refractivity contribution < 1.29 is 4.74 Å². The van der Waals surface area contributed by atoms with Crippen LogP contribution in [-0.4, -0.2) is 36.3 Å². The number of thiophene rings is 1. The molecule has 6 heteroatoms. The predicted octanol–water partition coefficient (Wildman–Crippen LogP) is 1.62. The summed E-state index contributed by atoms with van der Waals surface area (Å²) in [6.45, 7) is 3.16. The van der Waals surface area contributed by atoms with Crippen LogP contribution in [0.5, 0.6) is 0 Å². The van der Waals surface area contributed by atoms with Crippen LogP contribution in [-0.2, 0) is 4.74 Å². The zero-order chi connectivity index (χ0) is 12.4. The zero-order valence-corrected chi connectivity index (χ0v) is 10.7. The van der Waals surface area contributed by atoms with E-state index in [-0.39, 0.29) is 0 Å². The van der Waals surface area contributed by atoms with Crippen molar-refractivity contribution in [3.05, 3.63) is 22.9 Å². The van der Waals surface area contributed by atoms with Gasteiger partial charge in [0.2, 0.25) is 5.95 Å². The van der Waals surface area contributed by atoms with Gasteiger partial charge in [0.15, 0.2) is 0 Å². The van der Waals surface area contributed by atoms with Crippen molar-refractivity contribution in [1.29, 1.82) is 0 Å². The molecular formula is C12H14N4OS.